The van der Waals surface area contributed by atoms with Crippen LogP contribution in [0, 0.1) is 0 Å². The van der Waals surface area contributed by atoms with Crippen molar-refractivity contribution in [3.63, 3.8) is 0 Å². The molecule has 0 radical (unpaired) electrons. The molecular weight excluding hydrogens is 280 g/mol. The van der Waals surface area contributed by atoms with E-state index in [0.29, 0.717) is 0 Å². The van der Waals surface area contributed by atoms with Gasteiger partial charge in [0.25, 0.3) is 0 Å². The monoisotopic (exact) mass is 302 g/mol. The van der Waals surface area contributed by atoms with Crippen LogP contribution in [0.25, 0.3) is 16.8 Å². The third kappa shape index (κ3) is 3.77. The summed E-state index contributed by atoms with van der Waals surface area (Å²) in [6.45, 7) is 11.7. The van der Waals surface area contributed by atoms with E-state index >= 15 is 0 Å². The smallest absolute Gasteiger partial charge is 0.0975 e. The molecule has 2 rings (SSSR count). The predicted octanol–water partition coefficient (Wildman–Crippen LogP) is 3.99. The molecule has 4 heteroatoms. The van der Waals surface area contributed by atoms with Crippen LogP contribution in [0.15, 0.2) is 37.0 Å². The number of hydrogen-bond donors (Lipinski definition) is 1. The maximum Gasteiger partial charge on any atom is 0.0975 e. The molecule has 2 atom stereocenters. The Labute approximate surface area is 129 Å². The molecule has 1 aromatic heterocycles. The average molecular weight is 302 g/mol. The highest BCUT2D eigenvalue weighted by molar-refractivity contribution is 7.84. The summed E-state index contributed by atoms with van der Waals surface area (Å²) in [5.74, 6) is 0. The Balaban J connectivity index is 2.29. The van der Waals surface area contributed by atoms with Gasteiger partial charge in [-0.15, -0.1) is 0 Å². The summed E-state index contributed by atoms with van der Waals surface area (Å²) in [7, 11) is -1.09. The Kier molecular flexibility index (Phi) is 4.59. The van der Waals surface area contributed by atoms with Gasteiger partial charge in [0.05, 0.1) is 21.4 Å². The summed E-state index contributed by atoms with van der Waals surface area (Å²) in [5.41, 5.74) is 1.97. The molecule has 0 saturated carbocycles. The maximum absolute atomic E-state index is 12.2. The second kappa shape index (κ2) is 6.08. The highest BCUT2D eigenvalue weighted by Crippen LogP contribution is 2.22. The topological polar surface area (TPSA) is 42.0 Å². The maximum atomic E-state index is 12.2. The van der Waals surface area contributed by atoms with Crippen LogP contribution in [0.5, 0.6) is 0 Å². The quantitative estimate of drug-likeness (QED) is 0.928. The highest BCUT2D eigenvalue weighted by atomic mass is 32.2. The van der Waals surface area contributed by atoms with E-state index in [0.717, 1.165) is 22.0 Å². The number of nitrogens with zero attached hydrogens (tertiary/aromatic N) is 1. The minimum Gasteiger partial charge on any atom is -0.256 e. The number of pyridine rings is 1. The third-order valence-electron chi connectivity index (χ3n) is 3.32. The molecule has 112 valence electrons. The molecule has 0 spiro atoms. The van der Waals surface area contributed by atoms with Gasteiger partial charge in [-0.25, -0.2) is 8.93 Å². The van der Waals surface area contributed by atoms with Crippen LogP contribution in [0.2, 0.25) is 0 Å². The van der Waals surface area contributed by atoms with Crippen LogP contribution in [0.4, 0.5) is 0 Å². The second-order valence-electron chi connectivity index (χ2n) is 6.14. The molecule has 0 aliphatic carbocycles. The molecule has 0 saturated heterocycles. The van der Waals surface area contributed by atoms with E-state index in [4.69, 9.17) is 0 Å². The lowest BCUT2D eigenvalue weighted by atomic mass is 10.0. The van der Waals surface area contributed by atoms with Gasteiger partial charge in [-0.1, -0.05) is 18.7 Å². The van der Waals surface area contributed by atoms with Crippen LogP contribution < -0.4 is 4.72 Å². The molecule has 1 aromatic carbocycles. The molecule has 1 N–H and O–H groups in total. The van der Waals surface area contributed by atoms with Crippen molar-refractivity contribution >= 4 is 27.8 Å². The number of rotatable bonds is 4. The van der Waals surface area contributed by atoms with Crippen molar-refractivity contribution in [1.82, 2.24) is 9.71 Å². The predicted molar refractivity (Wildman–Crippen MR) is 91.3 cm³/mol. The van der Waals surface area contributed by atoms with E-state index in [2.05, 4.69) is 28.4 Å². The first-order valence-corrected chi connectivity index (χ1v) is 8.16. The van der Waals surface area contributed by atoms with Gasteiger partial charge in [0.1, 0.15) is 0 Å². The van der Waals surface area contributed by atoms with Gasteiger partial charge in [0, 0.05) is 17.6 Å². The Hall–Kier alpha value is -1.52. The van der Waals surface area contributed by atoms with E-state index in [9.17, 15) is 4.21 Å². The van der Waals surface area contributed by atoms with Crippen molar-refractivity contribution in [2.45, 2.75) is 38.5 Å². The first kappa shape index (κ1) is 15.9. The highest BCUT2D eigenvalue weighted by Gasteiger charge is 2.21. The summed E-state index contributed by atoms with van der Waals surface area (Å²) in [6, 6.07) is 8.24. The fourth-order valence-electron chi connectivity index (χ4n) is 1.96. The number of nitrogens with one attached hydrogen (secondary N) is 1. The SMILES string of the molecule is C=Cc1cc2cc([C@@H](C)N[S@@](=O)C(C)(C)C)ccc2cn1. The number of hydrogen-bond acceptors (Lipinski definition) is 2. The van der Waals surface area contributed by atoms with Crippen LogP contribution in [0.3, 0.4) is 0 Å². The molecule has 2 aromatic rings. The van der Waals surface area contributed by atoms with Gasteiger partial charge >= 0.3 is 0 Å². The Morgan fingerprint density at radius 3 is 2.62 bits per heavy atom. The van der Waals surface area contributed by atoms with E-state index in [1.807, 2.05) is 46.0 Å². The standard InChI is InChI=1S/C17H22N2OS/c1-6-16-10-15-9-13(7-8-14(15)11-18-16)12(2)19-21(20)17(3,4)5/h6-12,19H,1H2,2-5H3/t12-,21+/m1/s1. The Morgan fingerprint density at radius 2 is 2.00 bits per heavy atom. The largest absolute Gasteiger partial charge is 0.256 e. The van der Waals surface area contributed by atoms with Gasteiger partial charge in [-0.05, 0) is 56.9 Å². The number of aromatic nitrogens is 1. The minimum absolute atomic E-state index is 0.0230. The average Bonchev–Trinajstić information content (AvgIpc) is 2.44. The molecule has 1 heterocycles. The van der Waals surface area contributed by atoms with Crippen molar-refractivity contribution in [3.8, 4) is 0 Å². The zero-order valence-corrected chi connectivity index (χ0v) is 13.8. The minimum atomic E-state index is -1.09. The second-order valence-corrected chi connectivity index (χ2v) is 8.14. The van der Waals surface area contributed by atoms with Crippen molar-refractivity contribution in [2.75, 3.05) is 0 Å². The van der Waals surface area contributed by atoms with Crippen LogP contribution in [-0.4, -0.2) is 13.9 Å². The van der Waals surface area contributed by atoms with Crippen molar-refractivity contribution < 1.29 is 4.21 Å². The Bertz CT molecular complexity index is 689. The van der Waals surface area contributed by atoms with Crippen LogP contribution >= 0.6 is 0 Å². The summed E-state index contributed by atoms with van der Waals surface area (Å²) in [6.07, 6.45) is 3.59. The van der Waals surface area contributed by atoms with Crippen molar-refractivity contribution in [3.05, 3.63) is 48.3 Å². The van der Waals surface area contributed by atoms with Crippen LogP contribution in [0.1, 0.15) is 45.0 Å². The molecule has 0 unspecified atom stereocenters. The van der Waals surface area contributed by atoms with E-state index in [-0.39, 0.29) is 10.8 Å². The lowest BCUT2D eigenvalue weighted by Crippen LogP contribution is -2.34. The first-order valence-electron chi connectivity index (χ1n) is 7.01. The first-order chi connectivity index (χ1) is 9.81. The molecule has 0 aliphatic heterocycles. The Morgan fingerprint density at radius 1 is 1.29 bits per heavy atom. The van der Waals surface area contributed by atoms with Crippen molar-refractivity contribution in [2.24, 2.45) is 0 Å². The lowest BCUT2D eigenvalue weighted by molar-refractivity contribution is 0.616. The number of fused-ring (bicyclic) bond motifs is 1. The van der Waals surface area contributed by atoms with Gasteiger partial charge in [-0.3, -0.25) is 4.98 Å². The van der Waals surface area contributed by atoms with Crippen LogP contribution in [-0.2, 0) is 11.0 Å². The summed E-state index contributed by atoms with van der Waals surface area (Å²) < 4.78 is 15.1. The fourth-order valence-corrected chi connectivity index (χ4v) is 2.77. The summed E-state index contributed by atoms with van der Waals surface area (Å²) in [5, 5.41) is 2.21. The molecule has 0 fully saturated rings. The molecular formula is C17H22N2OS. The molecule has 0 aliphatic rings. The van der Waals surface area contributed by atoms with Gasteiger partial charge in [0.2, 0.25) is 0 Å². The van der Waals surface area contributed by atoms with Gasteiger partial charge < -0.3 is 0 Å². The zero-order chi connectivity index (χ0) is 15.6. The van der Waals surface area contributed by atoms with E-state index in [1.165, 1.54) is 0 Å². The summed E-state index contributed by atoms with van der Waals surface area (Å²) in [4.78, 5) is 4.30. The normalized spacial score (nSPS) is 14.9. The van der Waals surface area contributed by atoms with E-state index < -0.39 is 11.0 Å². The zero-order valence-electron chi connectivity index (χ0n) is 13.0. The molecule has 0 bridgehead atoms. The fraction of sp³-hybridized carbons (Fsp3) is 0.353. The lowest BCUT2D eigenvalue weighted by Gasteiger charge is -2.22. The molecule has 3 nitrogen and oxygen atoms in total. The third-order valence-corrected chi connectivity index (χ3v) is 5.00. The summed E-state index contributed by atoms with van der Waals surface area (Å²) >= 11 is 0. The number of benzene rings is 1. The van der Waals surface area contributed by atoms with Gasteiger partial charge in [-0.2, -0.15) is 0 Å². The van der Waals surface area contributed by atoms with E-state index in [1.54, 1.807) is 6.08 Å². The van der Waals surface area contributed by atoms with Gasteiger partial charge in [0.15, 0.2) is 0 Å². The molecule has 21 heavy (non-hydrogen) atoms. The van der Waals surface area contributed by atoms with Crippen molar-refractivity contribution in [1.29, 1.82) is 0 Å². The molecule has 0 amide bonds.